The Balaban J connectivity index is 1.77. The van der Waals surface area contributed by atoms with Gasteiger partial charge in [0.15, 0.2) is 5.82 Å². The third kappa shape index (κ3) is 1.78. The first-order valence-corrected chi connectivity index (χ1v) is 6.10. The fourth-order valence-corrected chi connectivity index (χ4v) is 2.84. The highest BCUT2D eigenvalue weighted by Gasteiger charge is 2.34. The zero-order chi connectivity index (χ0) is 11.0. The normalized spacial score (nSPS) is 29.2. The van der Waals surface area contributed by atoms with Gasteiger partial charge in [-0.15, -0.1) is 5.10 Å². The third-order valence-electron chi connectivity index (χ3n) is 3.70. The summed E-state index contributed by atoms with van der Waals surface area (Å²) in [5.74, 6) is 1.84. The van der Waals surface area contributed by atoms with Crippen molar-refractivity contribution in [3.63, 3.8) is 0 Å². The van der Waals surface area contributed by atoms with Crippen molar-refractivity contribution in [3.05, 3.63) is 17.8 Å². The number of aromatic nitrogens is 2. The molecule has 0 unspecified atom stereocenters. The number of anilines is 1. The lowest BCUT2D eigenvalue weighted by molar-refractivity contribution is 0.340. The number of nitrogens with one attached hydrogen (secondary N) is 1. The summed E-state index contributed by atoms with van der Waals surface area (Å²) in [5.41, 5.74) is 1.19. The van der Waals surface area contributed by atoms with E-state index in [0.29, 0.717) is 6.04 Å². The summed E-state index contributed by atoms with van der Waals surface area (Å²) in [4.78, 5) is 2.37. The van der Waals surface area contributed by atoms with Gasteiger partial charge in [0.25, 0.3) is 0 Å². The quantitative estimate of drug-likeness (QED) is 0.762. The highest BCUT2D eigenvalue weighted by molar-refractivity contribution is 5.41. The Morgan fingerprint density at radius 1 is 1.44 bits per heavy atom. The Morgan fingerprint density at radius 2 is 2.38 bits per heavy atom. The maximum atomic E-state index is 4.23. The molecule has 1 aromatic heterocycles. The molecule has 0 saturated carbocycles. The number of aryl methyl sites for hydroxylation is 1. The summed E-state index contributed by atoms with van der Waals surface area (Å²) in [6.07, 6.45) is 4.48. The number of hydrogen-bond acceptors (Lipinski definition) is 4. The van der Waals surface area contributed by atoms with Crippen molar-refractivity contribution in [1.29, 1.82) is 0 Å². The van der Waals surface area contributed by atoms with Gasteiger partial charge >= 0.3 is 0 Å². The van der Waals surface area contributed by atoms with E-state index >= 15 is 0 Å². The van der Waals surface area contributed by atoms with E-state index in [0.717, 1.165) is 24.8 Å². The highest BCUT2D eigenvalue weighted by atomic mass is 15.3. The molecule has 0 bridgehead atoms. The summed E-state index contributed by atoms with van der Waals surface area (Å²) in [6.45, 7) is 5.46. The van der Waals surface area contributed by atoms with Crippen LogP contribution >= 0.6 is 0 Å². The Hall–Kier alpha value is -1.16. The molecule has 86 valence electrons. The number of fused-ring (bicyclic) bond motifs is 1. The van der Waals surface area contributed by atoms with Crippen LogP contribution in [-0.2, 0) is 0 Å². The van der Waals surface area contributed by atoms with Crippen molar-refractivity contribution in [2.24, 2.45) is 5.92 Å². The zero-order valence-corrected chi connectivity index (χ0v) is 9.69. The van der Waals surface area contributed by atoms with Gasteiger partial charge in [0.1, 0.15) is 0 Å². The Kier molecular flexibility index (Phi) is 2.52. The van der Waals surface area contributed by atoms with Crippen LogP contribution < -0.4 is 10.2 Å². The molecule has 3 heterocycles. The van der Waals surface area contributed by atoms with Gasteiger partial charge in [0.2, 0.25) is 0 Å². The van der Waals surface area contributed by atoms with Crippen LogP contribution in [0.3, 0.4) is 0 Å². The fraction of sp³-hybridized carbons (Fsp3) is 0.667. The Morgan fingerprint density at radius 3 is 3.19 bits per heavy atom. The molecule has 0 aromatic carbocycles. The molecule has 0 radical (unpaired) electrons. The lowest BCUT2D eigenvalue weighted by Crippen LogP contribution is -2.40. The molecule has 4 nitrogen and oxygen atoms in total. The topological polar surface area (TPSA) is 41.1 Å². The molecule has 0 aliphatic carbocycles. The summed E-state index contributed by atoms with van der Waals surface area (Å²) < 4.78 is 0. The largest absolute Gasteiger partial charge is 0.353 e. The lowest BCUT2D eigenvalue weighted by atomic mass is 9.94. The lowest BCUT2D eigenvalue weighted by Gasteiger charge is -2.24. The van der Waals surface area contributed by atoms with E-state index in [-0.39, 0.29) is 0 Å². The number of rotatable bonds is 1. The van der Waals surface area contributed by atoms with Crippen molar-refractivity contribution in [1.82, 2.24) is 15.5 Å². The van der Waals surface area contributed by atoms with Gasteiger partial charge in [0.05, 0.1) is 6.20 Å². The summed E-state index contributed by atoms with van der Waals surface area (Å²) in [7, 11) is 0. The Bertz CT molecular complexity index is 365. The van der Waals surface area contributed by atoms with E-state index in [2.05, 4.69) is 33.4 Å². The minimum atomic E-state index is 0.663. The van der Waals surface area contributed by atoms with Crippen LogP contribution in [0.1, 0.15) is 18.4 Å². The summed E-state index contributed by atoms with van der Waals surface area (Å²) >= 11 is 0. The molecule has 0 amide bonds. The van der Waals surface area contributed by atoms with Gasteiger partial charge in [-0.3, -0.25) is 0 Å². The standard InChI is InChI=1S/C12H18N4/c1-9-5-12(15-14-6-9)16-7-10-3-2-4-13-11(10)8-16/h5-6,10-11,13H,2-4,7-8H2,1H3/t10-,11+/m0/s1. The van der Waals surface area contributed by atoms with Gasteiger partial charge in [0, 0.05) is 19.1 Å². The van der Waals surface area contributed by atoms with E-state index in [9.17, 15) is 0 Å². The van der Waals surface area contributed by atoms with Gasteiger partial charge < -0.3 is 10.2 Å². The van der Waals surface area contributed by atoms with E-state index in [1.165, 1.54) is 24.9 Å². The second-order valence-corrected chi connectivity index (χ2v) is 4.96. The molecule has 3 rings (SSSR count). The molecule has 2 atom stereocenters. The first-order chi connectivity index (χ1) is 7.83. The molecule has 2 fully saturated rings. The first kappa shape index (κ1) is 10.0. The second-order valence-electron chi connectivity index (χ2n) is 4.96. The average molecular weight is 218 g/mol. The van der Waals surface area contributed by atoms with Crippen LogP contribution in [0.4, 0.5) is 5.82 Å². The van der Waals surface area contributed by atoms with E-state index in [1.54, 1.807) is 0 Å². The molecule has 2 saturated heterocycles. The van der Waals surface area contributed by atoms with Crippen molar-refractivity contribution >= 4 is 5.82 Å². The zero-order valence-electron chi connectivity index (χ0n) is 9.69. The van der Waals surface area contributed by atoms with E-state index in [1.807, 2.05) is 6.20 Å². The number of piperidine rings is 1. The van der Waals surface area contributed by atoms with Crippen LogP contribution in [0.25, 0.3) is 0 Å². The monoisotopic (exact) mass is 218 g/mol. The fourth-order valence-electron chi connectivity index (χ4n) is 2.84. The van der Waals surface area contributed by atoms with Gasteiger partial charge in [-0.2, -0.15) is 5.10 Å². The van der Waals surface area contributed by atoms with Gasteiger partial charge in [-0.1, -0.05) is 0 Å². The SMILES string of the molecule is Cc1cnnc(N2C[C@@H]3CCCN[C@@H]3C2)c1. The number of hydrogen-bond donors (Lipinski definition) is 1. The molecule has 2 aliphatic rings. The minimum absolute atomic E-state index is 0.663. The maximum absolute atomic E-state index is 4.23. The van der Waals surface area contributed by atoms with Crippen molar-refractivity contribution in [2.75, 3.05) is 24.5 Å². The molecule has 1 N–H and O–H groups in total. The molecule has 2 aliphatic heterocycles. The van der Waals surface area contributed by atoms with Gasteiger partial charge in [-0.05, 0) is 43.9 Å². The molecule has 16 heavy (non-hydrogen) atoms. The van der Waals surface area contributed by atoms with Crippen molar-refractivity contribution in [3.8, 4) is 0 Å². The van der Waals surface area contributed by atoms with Crippen LogP contribution in [-0.4, -0.2) is 35.9 Å². The van der Waals surface area contributed by atoms with Crippen LogP contribution in [0.15, 0.2) is 12.3 Å². The summed E-state index contributed by atoms with van der Waals surface area (Å²) in [5, 5.41) is 11.9. The van der Waals surface area contributed by atoms with Crippen LogP contribution in [0, 0.1) is 12.8 Å². The maximum Gasteiger partial charge on any atom is 0.151 e. The van der Waals surface area contributed by atoms with Crippen molar-refractivity contribution in [2.45, 2.75) is 25.8 Å². The highest BCUT2D eigenvalue weighted by Crippen LogP contribution is 2.27. The molecule has 1 aromatic rings. The predicted molar refractivity (Wildman–Crippen MR) is 63.5 cm³/mol. The molecular weight excluding hydrogens is 200 g/mol. The molecule has 4 heteroatoms. The predicted octanol–water partition coefficient (Wildman–Crippen LogP) is 0.973. The van der Waals surface area contributed by atoms with Gasteiger partial charge in [-0.25, -0.2) is 0 Å². The first-order valence-electron chi connectivity index (χ1n) is 6.10. The smallest absolute Gasteiger partial charge is 0.151 e. The minimum Gasteiger partial charge on any atom is -0.353 e. The third-order valence-corrected chi connectivity index (χ3v) is 3.70. The van der Waals surface area contributed by atoms with Crippen LogP contribution in [0.2, 0.25) is 0 Å². The number of nitrogens with zero attached hydrogens (tertiary/aromatic N) is 3. The van der Waals surface area contributed by atoms with E-state index in [4.69, 9.17) is 0 Å². The average Bonchev–Trinajstić information content (AvgIpc) is 2.72. The van der Waals surface area contributed by atoms with Crippen LogP contribution in [0.5, 0.6) is 0 Å². The second kappa shape index (κ2) is 4.01. The summed E-state index contributed by atoms with van der Waals surface area (Å²) in [6, 6.07) is 2.79. The molecular formula is C12H18N4. The molecule has 0 spiro atoms. The Labute approximate surface area is 96.1 Å². The van der Waals surface area contributed by atoms with E-state index < -0.39 is 0 Å². The van der Waals surface area contributed by atoms with Crippen molar-refractivity contribution < 1.29 is 0 Å².